The summed E-state index contributed by atoms with van der Waals surface area (Å²) in [6.07, 6.45) is 5.22. The molecular formula is C16H14N4. The fraction of sp³-hybridized carbons (Fsp3) is 0.0625. The van der Waals surface area contributed by atoms with Crippen LogP contribution in [0.5, 0.6) is 0 Å². The van der Waals surface area contributed by atoms with E-state index in [0.717, 1.165) is 22.3 Å². The molecular weight excluding hydrogens is 248 g/mol. The average molecular weight is 262 g/mol. The summed E-state index contributed by atoms with van der Waals surface area (Å²) in [5, 5.41) is 5.36. The number of hydrazone groups is 1. The van der Waals surface area contributed by atoms with E-state index in [2.05, 4.69) is 33.5 Å². The van der Waals surface area contributed by atoms with Gasteiger partial charge in [0.2, 0.25) is 0 Å². The minimum absolute atomic E-state index is 0.742. The first kappa shape index (κ1) is 12.3. The van der Waals surface area contributed by atoms with E-state index >= 15 is 0 Å². The van der Waals surface area contributed by atoms with Gasteiger partial charge in [-0.25, -0.2) is 4.98 Å². The number of aromatic nitrogens is 2. The van der Waals surface area contributed by atoms with E-state index in [4.69, 9.17) is 0 Å². The van der Waals surface area contributed by atoms with Gasteiger partial charge in [-0.2, -0.15) is 5.10 Å². The third-order valence-electron chi connectivity index (χ3n) is 3.02. The number of nitrogens with zero attached hydrogens (tertiary/aromatic N) is 3. The number of fused-ring (bicyclic) bond motifs is 1. The molecule has 0 saturated carbocycles. The van der Waals surface area contributed by atoms with Crippen LogP contribution in [0, 0.1) is 6.92 Å². The van der Waals surface area contributed by atoms with E-state index in [0.29, 0.717) is 0 Å². The van der Waals surface area contributed by atoms with Crippen molar-refractivity contribution in [1.82, 2.24) is 9.97 Å². The summed E-state index contributed by atoms with van der Waals surface area (Å²) < 4.78 is 0. The first-order valence-electron chi connectivity index (χ1n) is 6.38. The summed E-state index contributed by atoms with van der Waals surface area (Å²) in [4.78, 5) is 8.49. The zero-order valence-corrected chi connectivity index (χ0v) is 11.1. The molecule has 4 heteroatoms. The van der Waals surface area contributed by atoms with Crippen LogP contribution in [0.4, 0.5) is 5.82 Å². The summed E-state index contributed by atoms with van der Waals surface area (Å²) in [5.41, 5.74) is 6.10. The maximum Gasteiger partial charge on any atom is 0.147 e. The average Bonchev–Trinajstić information content (AvgIpc) is 2.48. The van der Waals surface area contributed by atoms with E-state index in [1.165, 1.54) is 5.56 Å². The summed E-state index contributed by atoms with van der Waals surface area (Å²) in [5.74, 6) is 0.742. The van der Waals surface area contributed by atoms with Gasteiger partial charge in [0.15, 0.2) is 0 Å². The lowest BCUT2D eigenvalue weighted by Crippen LogP contribution is -1.95. The largest absolute Gasteiger partial charge is 0.265 e. The molecule has 3 rings (SSSR count). The Bertz CT molecular complexity index is 751. The van der Waals surface area contributed by atoms with Crippen molar-refractivity contribution >= 4 is 22.9 Å². The van der Waals surface area contributed by atoms with Gasteiger partial charge < -0.3 is 0 Å². The van der Waals surface area contributed by atoms with Crippen LogP contribution in [0.1, 0.15) is 11.1 Å². The lowest BCUT2D eigenvalue weighted by atomic mass is 10.1. The lowest BCUT2D eigenvalue weighted by Gasteiger charge is -2.05. The van der Waals surface area contributed by atoms with Gasteiger partial charge in [0.25, 0.3) is 0 Å². The van der Waals surface area contributed by atoms with E-state index < -0.39 is 0 Å². The van der Waals surface area contributed by atoms with Crippen molar-refractivity contribution in [3.05, 3.63) is 66.0 Å². The first-order valence-corrected chi connectivity index (χ1v) is 6.38. The number of nitrogens with one attached hydrogen (secondary N) is 1. The van der Waals surface area contributed by atoms with Crippen molar-refractivity contribution in [2.24, 2.45) is 5.10 Å². The zero-order valence-electron chi connectivity index (χ0n) is 11.1. The Labute approximate surface area is 117 Å². The van der Waals surface area contributed by atoms with Gasteiger partial charge in [0.05, 0.1) is 11.7 Å². The molecule has 0 aliphatic carbocycles. The molecule has 4 nitrogen and oxygen atoms in total. The van der Waals surface area contributed by atoms with Gasteiger partial charge in [-0.05, 0) is 42.3 Å². The second-order valence-corrected chi connectivity index (χ2v) is 4.49. The minimum atomic E-state index is 0.742. The Hall–Kier alpha value is -2.75. The number of hydrogen-bond acceptors (Lipinski definition) is 4. The van der Waals surface area contributed by atoms with Gasteiger partial charge in [-0.3, -0.25) is 10.4 Å². The highest BCUT2D eigenvalue weighted by molar-refractivity contribution is 5.84. The van der Waals surface area contributed by atoms with Crippen molar-refractivity contribution in [3.63, 3.8) is 0 Å². The molecule has 0 amide bonds. The third kappa shape index (κ3) is 2.64. The standard InChI is InChI=1S/C16H14N4/c1-12-10-16(19-15-5-3-2-4-14(12)15)20-18-11-13-6-8-17-9-7-13/h2-11H,1H3,(H,19,20). The number of benzene rings is 1. The third-order valence-corrected chi connectivity index (χ3v) is 3.02. The molecule has 0 unspecified atom stereocenters. The van der Waals surface area contributed by atoms with Crippen LogP contribution in [0.25, 0.3) is 10.9 Å². The SMILES string of the molecule is Cc1cc(NN=Cc2ccncc2)nc2ccccc12. The van der Waals surface area contributed by atoms with Crippen LogP contribution in [0.3, 0.4) is 0 Å². The van der Waals surface area contributed by atoms with Crippen LogP contribution in [0.15, 0.2) is 60.0 Å². The Balaban J connectivity index is 1.83. The predicted molar refractivity (Wildman–Crippen MR) is 81.9 cm³/mol. The number of para-hydroxylation sites is 1. The Morgan fingerprint density at radius 2 is 1.90 bits per heavy atom. The van der Waals surface area contributed by atoms with Gasteiger partial charge in [-0.15, -0.1) is 0 Å². The van der Waals surface area contributed by atoms with Gasteiger partial charge in [0, 0.05) is 17.8 Å². The fourth-order valence-electron chi connectivity index (χ4n) is 2.03. The zero-order chi connectivity index (χ0) is 13.8. The summed E-state index contributed by atoms with van der Waals surface area (Å²) in [6, 6.07) is 13.9. The van der Waals surface area contributed by atoms with Crippen LogP contribution >= 0.6 is 0 Å². The number of anilines is 1. The molecule has 0 saturated heterocycles. The molecule has 98 valence electrons. The van der Waals surface area contributed by atoms with Crippen LogP contribution in [0.2, 0.25) is 0 Å². The van der Waals surface area contributed by atoms with E-state index in [9.17, 15) is 0 Å². The quantitative estimate of drug-likeness (QED) is 0.581. The lowest BCUT2D eigenvalue weighted by molar-refractivity contribution is 1.25. The Morgan fingerprint density at radius 3 is 2.75 bits per heavy atom. The second-order valence-electron chi connectivity index (χ2n) is 4.49. The van der Waals surface area contributed by atoms with Crippen LogP contribution < -0.4 is 5.43 Å². The molecule has 0 bridgehead atoms. The van der Waals surface area contributed by atoms with E-state index in [1.807, 2.05) is 36.4 Å². The second kappa shape index (κ2) is 5.48. The first-order chi connectivity index (χ1) is 9.83. The molecule has 1 N–H and O–H groups in total. The Kier molecular flexibility index (Phi) is 3.37. The number of rotatable bonds is 3. The van der Waals surface area contributed by atoms with Crippen molar-refractivity contribution in [3.8, 4) is 0 Å². The molecule has 0 spiro atoms. The molecule has 2 aromatic heterocycles. The minimum Gasteiger partial charge on any atom is -0.265 e. The normalized spacial score (nSPS) is 11.1. The predicted octanol–water partition coefficient (Wildman–Crippen LogP) is 3.38. The van der Waals surface area contributed by atoms with Crippen LogP contribution in [-0.2, 0) is 0 Å². The van der Waals surface area contributed by atoms with E-state index in [-0.39, 0.29) is 0 Å². The van der Waals surface area contributed by atoms with E-state index in [1.54, 1.807) is 18.6 Å². The summed E-state index contributed by atoms with van der Waals surface area (Å²) in [6.45, 7) is 2.07. The molecule has 0 radical (unpaired) electrons. The smallest absolute Gasteiger partial charge is 0.147 e. The maximum absolute atomic E-state index is 4.53. The van der Waals surface area contributed by atoms with Gasteiger partial charge in [-0.1, -0.05) is 18.2 Å². The highest BCUT2D eigenvalue weighted by Crippen LogP contribution is 2.19. The Morgan fingerprint density at radius 1 is 1.10 bits per heavy atom. The molecule has 0 aliphatic heterocycles. The monoisotopic (exact) mass is 262 g/mol. The molecule has 20 heavy (non-hydrogen) atoms. The fourth-order valence-corrected chi connectivity index (χ4v) is 2.03. The topological polar surface area (TPSA) is 50.2 Å². The van der Waals surface area contributed by atoms with Crippen molar-refractivity contribution in [2.75, 3.05) is 5.43 Å². The summed E-state index contributed by atoms with van der Waals surface area (Å²) >= 11 is 0. The van der Waals surface area contributed by atoms with Crippen LogP contribution in [-0.4, -0.2) is 16.2 Å². The molecule has 3 aromatic rings. The highest BCUT2D eigenvalue weighted by atomic mass is 15.3. The number of aryl methyl sites for hydroxylation is 1. The molecule has 2 heterocycles. The maximum atomic E-state index is 4.53. The number of pyridine rings is 2. The van der Waals surface area contributed by atoms with Crippen molar-refractivity contribution in [1.29, 1.82) is 0 Å². The highest BCUT2D eigenvalue weighted by Gasteiger charge is 2.00. The number of hydrogen-bond donors (Lipinski definition) is 1. The molecule has 0 fully saturated rings. The molecule has 1 aromatic carbocycles. The molecule has 0 atom stereocenters. The summed E-state index contributed by atoms with van der Waals surface area (Å²) in [7, 11) is 0. The van der Waals surface area contributed by atoms with Gasteiger partial charge >= 0.3 is 0 Å². The van der Waals surface area contributed by atoms with Crippen molar-refractivity contribution in [2.45, 2.75) is 6.92 Å². The van der Waals surface area contributed by atoms with Gasteiger partial charge in [0.1, 0.15) is 5.82 Å². The molecule has 0 aliphatic rings. The van der Waals surface area contributed by atoms with Crippen molar-refractivity contribution < 1.29 is 0 Å².